The number of anilines is 1. The predicted molar refractivity (Wildman–Crippen MR) is 79.8 cm³/mol. The molecule has 0 spiro atoms. The summed E-state index contributed by atoms with van der Waals surface area (Å²) in [7, 11) is 1.55. The lowest BCUT2D eigenvalue weighted by molar-refractivity contribution is 0.415. The molecule has 3 N–H and O–H groups in total. The fraction of sp³-hybridized carbons (Fsp3) is 0.200. The van der Waals surface area contributed by atoms with Gasteiger partial charge in [-0.2, -0.15) is 0 Å². The lowest BCUT2D eigenvalue weighted by Crippen LogP contribution is -2.07. The molecular formula is C15H16ClNO3. The van der Waals surface area contributed by atoms with Crippen molar-refractivity contribution in [3.8, 4) is 17.2 Å². The molecule has 5 heteroatoms. The summed E-state index contributed by atoms with van der Waals surface area (Å²) in [5.41, 5.74) is 1.42. The van der Waals surface area contributed by atoms with Crippen molar-refractivity contribution in [2.75, 3.05) is 12.4 Å². The summed E-state index contributed by atoms with van der Waals surface area (Å²) in [6.45, 7) is 1.88. The molecular weight excluding hydrogens is 278 g/mol. The molecule has 2 aromatic rings. The van der Waals surface area contributed by atoms with Crippen LogP contribution in [-0.4, -0.2) is 17.3 Å². The number of nitrogens with one attached hydrogen (secondary N) is 1. The van der Waals surface area contributed by atoms with E-state index >= 15 is 0 Å². The smallest absolute Gasteiger partial charge is 0.139 e. The van der Waals surface area contributed by atoms with Crippen LogP contribution in [0.5, 0.6) is 17.2 Å². The van der Waals surface area contributed by atoms with Gasteiger partial charge in [-0.15, -0.1) is 0 Å². The second-order valence-electron chi connectivity index (χ2n) is 4.46. The Hall–Kier alpha value is -2.07. The fourth-order valence-electron chi connectivity index (χ4n) is 1.97. The molecule has 0 aliphatic rings. The summed E-state index contributed by atoms with van der Waals surface area (Å²) in [5.74, 6) is 0.813. The van der Waals surface area contributed by atoms with E-state index < -0.39 is 0 Å². The molecule has 0 fully saturated rings. The van der Waals surface area contributed by atoms with Crippen LogP contribution in [0, 0.1) is 0 Å². The van der Waals surface area contributed by atoms with Gasteiger partial charge >= 0.3 is 0 Å². The summed E-state index contributed by atoms with van der Waals surface area (Å²) in [6, 6.07) is 9.58. The molecule has 0 saturated heterocycles. The quantitative estimate of drug-likeness (QED) is 0.747. The average molecular weight is 294 g/mol. The second-order valence-corrected chi connectivity index (χ2v) is 4.87. The zero-order valence-electron chi connectivity index (χ0n) is 11.2. The third-order valence-electron chi connectivity index (χ3n) is 3.01. The van der Waals surface area contributed by atoms with Crippen molar-refractivity contribution >= 4 is 17.3 Å². The van der Waals surface area contributed by atoms with E-state index in [1.807, 2.05) is 13.0 Å². The first kappa shape index (κ1) is 14.3. The SMILES string of the molecule is COc1cc(NC(C)c2cc(O)ccc2O)ccc1Cl. The minimum atomic E-state index is -0.187. The highest BCUT2D eigenvalue weighted by atomic mass is 35.5. The predicted octanol–water partition coefficient (Wildman–Crippen LogP) is 3.93. The number of methoxy groups -OCH3 is 1. The van der Waals surface area contributed by atoms with E-state index in [0.29, 0.717) is 16.3 Å². The van der Waals surface area contributed by atoms with Crippen LogP contribution in [0.1, 0.15) is 18.5 Å². The first-order chi connectivity index (χ1) is 9.51. The minimum absolute atomic E-state index is 0.111. The van der Waals surface area contributed by atoms with Gasteiger partial charge in [0.15, 0.2) is 0 Å². The number of benzene rings is 2. The summed E-state index contributed by atoms with van der Waals surface area (Å²) in [5, 5.41) is 23.1. The normalized spacial score (nSPS) is 11.9. The van der Waals surface area contributed by atoms with E-state index in [4.69, 9.17) is 16.3 Å². The van der Waals surface area contributed by atoms with Gasteiger partial charge in [-0.1, -0.05) is 11.6 Å². The van der Waals surface area contributed by atoms with E-state index in [2.05, 4.69) is 5.32 Å². The molecule has 0 bridgehead atoms. The lowest BCUT2D eigenvalue weighted by Gasteiger charge is -2.18. The topological polar surface area (TPSA) is 61.7 Å². The largest absolute Gasteiger partial charge is 0.508 e. The summed E-state index contributed by atoms with van der Waals surface area (Å²) >= 11 is 5.97. The maximum atomic E-state index is 9.83. The zero-order valence-corrected chi connectivity index (χ0v) is 12.0. The highest BCUT2D eigenvalue weighted by molar-refractivity contribution is 6.32. The number of ether oxygens (including phenoxy) is 1. The molecule has 0 aromatic heterocycles. The molecule has 0 amide bonds. The van der Waals surface area contributed by atoms with Crippen molar-refractivity contribution < 1.29 is 14.9 Å². The van der Waals surface area contributed by atoms with Crippen LogP contribution in [-0.2, 0) is 0 Å². The van der Waals surface area contributed by atoms with E-state index in [0.717, 1.165) is 5.69 Å². The van der Waals surface area contributed by atoms with Gasteiger partial charge in [0, 0.05) is 17.3 Å². The Morgan fingerprint density at radius 3 is 2.60 bits per heavy atom. The zero-order chi connectivity index (χ0) is 14.7. The Kier molecular flexibility index (Phi) is 4.25. The van der Waals surface area contributed by atoms with Crippen molar-refractivity contribution in [1.29, 1.82) is 0 Å². The minimum Gasteiger partial charge on any atom is -0.508 e. The van der Waals surface area contributed by atoms with Gasteiger partial charge in [-0.05, 0) is 37.3 Å². The maximum Gasteiger partial charge on any atom is 0.139 e. The van der Waals surface area contributed by atoms with Gasteiger partial charge in [-0.25, -0.2) is 0 Å². The molecule has 0 aliphatic heterocycles. The molecule has 0 aliphatic carbocycles. The number of hydrogen-bond acceptors (Lipinski definition) is 4. The van der Waals surface area contributed by atoms with Crippen LogP contribution >= 0.6 is 11.6 Å². The number of phenols is 2. The molecule has 106 valence electrons. The van der Waals surface area contributed by atoms with Crippen molar-refractivity contribution in [2.45, 2.75) is 13.0 Å². The van der Waals surface area contributed by atoms with Crippen molar-refractivity contribution in [1.82, 2.24) is 0 Å². The van der Waals surface area contributed by atoms with Gasteiger partial charge in [-0.3, -0.25) is 0 Å². The lowest BCUT2D eigenvalue weighted by atomic mass is 10.1. The summed E-state index contributed by atoms with van der Waals surface area (Å²) in [4.78, 5) is 0. The van der Waals surface area contributed by atoms with Crippen molar-refractivity contribution in [3.05, 3.63) is 47.0 Å². The van der Waals surface area contributed by atoms with Crippen LogP contribution in [0.25, 0.3) is 0 Å². The van der Waals surface area contributed by atoms with Gasteiger partial charge in [0.1, 0.15) is 17.2 Å². The third-order valence-corrected chi connectivity index (χ3v) is 3.32. The maximum absolute atomic E-state index is 9.83. The first-order valence-electron chi connectivity index (χ1n) is 6.13. The Morgan fingerprint density at radius 2 is 1.90 bits per heavy atom. The van der Waals surface area contributed by atoms with Crippen LogP contribution in [0.2, 0.25) is 5.02 Å². The van der Waals surface area contributed by atoms with Crippen LogP contribution < -0.4 is 10.1 Å². The third kappa shape index (κ3) is 3.08. The van der Waals surface area contributed by atoms with E-state index in [1.165, 1.54) is 18.2 Å². The number of rotatable bonds is 4. The van der Waals surface area contributed by atoms with Gasteiger partial charge in [0.05, 0.1) is 18.2 Å². The molecule has 1 unspecified atom stereocenters. The van der Waals surface area contributed by atoms with Crippen LogP contribution in [0.15, 0.2) is 36.4 Å². The molecule has 2 aromatic carbocycles. The Labute approximate surface area is 122 Å². The van der Waals surface area contributed by atoms with Crippen molar-refractivity contribution in [2.24, 2.45) is 0 Å². The van der Waals surface area contributed by atoms with Gasteiger partial charge < -0.3 is 20.3 Å². The number of halogens is 1. The summed E-state index contributed by atoms with van der Waals surface area (Å²) in [6.07, 6.45) is 0. The van der Waals surface area contributed by atoms with Crippen LogP contribution in [0.3, 0.4) is 0 Å². The first-order valence-corrected chi connectivity index (χ1v) is 6.51. The number of hydrogen-bond donors (Lipinski definition) is 3. The van der Waals surface area contributed by atoms with Crippen molar-refractivity contribution in [3.63, 3.8) is 0 Å². The molecule has 0 saturated carbocycles. The van der Waals surface area contributed by atoms with E-state index in [9.17, 15) is 10.2 Å². The number of phenolic OH excluding ortho intramolecular Hbond substituents is 2. The molecule has 20 heavy (non-hydrogen) atoms. The second kappa shape index (κ2) is 5.92. The molecule has 4 nitrogen and oxygen atoms in total. The number of aromatic hydroxyl groups is 2. The van der Waals surface area contributed by atoms with Gasteiger partial charge in [0.25, 0.3) is 0 Å². The molecule has 1 atom stereocenters. The van der Waals surface area contributed by atoms with E-state index in [1.54, 1.807) is 19.2 Å². The Balaban J connectivity index is 2.23. The average Bonchev–Trinajstić information content (AvgIpc) is 2.43. The molecule has 2 rings (SSSR count). The Morgan fingerprint density at radius 1 is 1.15 bits per heavy atom. The highest BCUT2D eigenvalue weighted by Gasteiger charge is 2.12. The fourth-order valence-corrected chi connectivity index (χ4v) is 2.16. The monoisotopic (exact) mass is 293 g/mol. The van der Waals surface area contributed by atoms with Crippen LogP contribution in [0.4, 0.5) is 5.69 Å². The van der Waals surface area contributed by atoms with E-state index in [-0.39, 0.29) is 17.5 Å². The molecule has 0 radical (unpaired) electrons. The summed E-state index contributed by atoms with van der Waals surface area (Å²) < 4.78 is 5.15. The molecule has 0 heterocycles. The standard InChI is InChI=1S/C15H16ClNO3/c1-9(12-8-11(18)4-6-14(12)19)17-10-3-5-13(16)15(7-10)20-2/h3-9,17-19H,1-2H3. The van der Waals surface area contributed by atoms with Gasteiger partial charge in [0.2, 0.25) is 0 Å². The Bertz CT molecular complexity index is 616. The highest BCUT2D eigenvalue weighted by Crippen LogP contribution is 2.32.